The molecule has 0 spiro atoms. The largest absolute Gasteiger partial charge is 0.481 e. The van der Waals surface area contributed by atoms with Crippen LogP contribution >= 0.6 is 0 Å². The number of carbonyl (C=O) groups is 2. The van der Waals surface area contributed by atoms with Crippen LogP contribution in [-0.4, -0.2) is 46.1 Å². The molecule has 0 saturated carbocycles. The number of carboxylic acid groups (broad SMARTS) is 1. The molecule has 1 saturated heterocycles. The Morgan fingerprint density at radius 1 is 1.38 bits per heavy atom. The van der Waals surface area contributed by atoms with E-state index in [0.717, 1.165) is 6.07 Å². The van der Waals surface area contributed by atoms with E-state index >= 15 is 0 Å². The van der Waals surface area contributed by atoms with Crippen LogP contribution in [0, 0.1) is 22.5 Å². The number of likely N-dealkylation sites (tertiary alicyclic amines) is 1. The van der Waals surface area contributed by atoms with E-state index in [1.807, 2.05) is 0 Å². The average Bonchev–Trinajstić information content (AvgIpc) is 2.92. The Balaban J connectivity index is 2.39. The Hall–Kier alpha value is -2.65. The minimum atomic E-state index is -5.04. The van der Waals surface area contributed by atoms with Crippen LogP contribution in [0.2, 0.25) is 0 Å². The van der Waals surface area contributed by atoms with Crippen LogP contribution in [0.25, 0.3) is 0 Å². The van der Waals surface area contributed by atoms with Crippen molar-refractivity contribution in [2.24, 2.45) is 5.41 Å². The predicted octanol–water partition coefficient (Wildman–Crippen LogP) is 2.38. The quantitative estimate of drug-likeness (QED) is 0.669. The van der Waals surface area contributed by atoms with Gasteiger partial charge in [-0.05, 0) is 19.4 Å². The van der Waals surface area contributed by atoms with Gasteiger partial charge in [-0.3, -0.25) is 19.7 Å². The zero-order valence-electron chi connectivity index (χ0n) is 12.5. The second kappa shape index (κ2) is 5.77. The van der Waals surface area contributed by atoms with Gasteiger partial charge in [0.15, 0.2) is 5.41 Å². The Morgan fingerprint density at radius 3 is 2.46 bits per heavy atom. The number of rotatable bonds is 3. The highest BCUT2D eigenvalue weighted by Gasteiger charge is 2.64. The van der Waals surface area contributed by atoms with E-state index in [4.69, 9.17) is 5.11 Å². The summed E-state index contributed by atoms with van der Waals surface area (Å²) >= 11 is 0. The van der Waals surface area contributed by atoms with Crippen molar-refractivity contribution in [3.63, 3.8) is 0 Å². The molecule has 1 heterocycles. The number of aliphatic carboxylic acids is 1. The molecule has 7 nitrogen and oxygen atoms in total. The summed E-state index contributed by atoms with van der Waals surface area (Å²) in [7, 11) is 0. The average molecular weight is 346 g/mol. The van der Waals surface area contributed by atoms with Gasteiger partial charge in [-0.15, -0.1) is 0 Å². The molecule has 1 amide bonds. The van der Waals surface area contributed by atoms with E-state index in [2.05, 4.69) is 0 Å². The first-order chi connectivity index (χ1) is 11.0. The number of aryl methyl sites for hydroxylation is 1. The standard InChI is InChI=1S/C14H13F3N2O5/c1-8-3-2-4-9(10(8)19(23)24)11(20)18-6-5-13(7-18,12(21)22)14(15,16)17/h2-4H,5-7H2,1H3,(H,21,22). The van der Waals surface area contributed by atoms with Gasteiger partial charge >= 0.3 is 12.1 Å². The number of benzene rings is 1. The summed E-state index contributed by atoms with van der Waals surface area (Å²) in [4.78, 5) is 34.6. The third kappa shape index (κ3) is 2.68. The lowest BCUT2D eigenvalue weighted by Gasteiger charge is -2.27. The summed E-state index contributed by atoms with van der Waals surface area (Å²) in [6, 6.07) is 3.91. The molecule has 2 rings (SSSR count). The number of hydrogen-bond acceptors (Lipinski definition) is 4. The molecule has 1 aromatic carbocycles. The SMILES string of the molecule is Cc1cccc(C(=O)N2CCC(C(=O)O)(C(F)(F)F)C2)c1[N+](=O)[O-]. The lowest BCUT2D eigenvalue weighted by Crippen LogP contribution is -2.47. The number of amides is 1. The molecular formula is C14H13F3N2O5. The smallest absolute Gasteiger partial charge is 0.406 e. The monoisotopic (exact) mass is 346 g/mol. The zero-order valence-corrected chi connectivity index (χ0v) is 12.5. The first-order valence-electron chi connectivity index (χ1n) is 6.84. The molecule has 130 valence electrons. The second-order valence-electron chi connectivity index (χ2n) is 5.59. The van der Waals surface area contributed by atoms with Gasteiger partial charge in [-0.25, -0.2) is 0 Å². The maximum Gasteiger partial charge on any atom is 0.406 e. The summed E-state index contributed by atoms with van der Waals surface area (Å²) in [6.45, 7) is -0.123. The molecular weight excluding hydrogens is 333 g/mol. The van der Waals surface area contributed by atoms with Gasteiger partial charge in [0, 0.05) is 18.7 Å². The lowest BCUT2D eigenvalue weighted by molar-refractivity contribution is -0.385. The molecule has 1 atom stereocenters. The molecule has 1 aliphatic rings. The third-order valence-corrected chi connectivity index (χ3v) is 4.16. The Morgan fingerprint density at radius 2 is 2.00 bits per heavy atom. The number of halogens is 3. The van der Waals surface area contributed by atoms with Crippen molar-refractivity contribution in [2.75, 3.05) is 13.1 Å². The molecule has 0 radical (unpaired) electrons. The normalized spacial score (nSPS) is 20.9. The number of nitrogens with zero attached hydrogens (tertiary/aromatic N) is 2. The van der Waals surface area contributed by atoms with Crippen molar-refractivity contribution < 1.29 is 32.8 Å². The number of carbonyl (C=O) groups excluding carboxylic acids is 1. The number of para-hydroxylation sites is 1. The van der Waals surface area contributed by atoms with E-state index in [-0.39, 0.29) is 11.1 Å². The Bertz CT molecular complexity index is 719. The van der Waals surface area contributed by atoms with Gasteiger partial charge < -0.3 is 10.0 Å². The van der Waals surface area contributed by atoms with E-state index in [9.17, 15) is 32.9 Å². The van der Waals surface area contributed by atoms with Crippen LogP contribution < -0.4 is 0 Å². The number of nitro groups is 1. The van der Waals surface area contributed by atoms with Gasteiger partial charge in [0.05, 0.1) is 4.92 Å². The van der Waals surface area contributed by atoms with Crippen LogP contribution in [0.1, 0.15) is 22.3 Å². The first-order valence-corrected chi connectivity index (χ1v) is 6.84. The van der Waals surface area contributed by atoms with E-state index < -0.39 is 53.6 Å². The van der Waals surface area contributed by atoms with E-state index in [1.165, 1.54) is 19.1 Å². The summed E-state index contributed by atoms with van der Waals surface area (Å²) in [5, 5.41) is 20.1. The highest BCUT2D eigenvalue weighted by atomic mass is 19.4. The molecule has 1 unspecified atom stereocenters. The van der Waals surface area contributed by atoms with Crippen molar-refractivity contribution in [2.45, 2.75) is 19.5 Å². The van der Waals surface area contributed by atoms with Crippen molar-refractivity contribution >= 4 is 17.6 Å². The summed E-state index contributed by atoms with van der Waals surface area (Å²) in [5.41, 5.74) is -3.72. The molecule has 1 fully saturated rings. The molecule has 0 aromatic heterocycles. The Kier molecular flexibility index (Phi) is 4.25. The third-order valence-electron chi connectivity index (χ3n) is 4.16. The van der Waals surface area contributed by atoms with E-state index in [1.54, 1.807) is 0 Å². The number of carboxylic acids is 1. The fourth-order valence-electron chi connectivity index (χ4n) is 2.75. The Labute approximate surface area is 133 Å². The van der Waals surface area contributed by atoms with Gasteiger partial charge in [-0.1, -0.05) is 12.1 Å². The number of alkyl halides is 3. The molecule has 1 aliphatic heterocycles. The fraction of sp³-hybridized carbons (Fsp3) is 0.429. The van der Waals surface area contributed by atoms with Gasteiger partial charge in [0.2, 0.25) is 0 Å². The molecule has 1 N–H and O–H groups in total. The molecule has 1 aromatic rings. The topological polar surface area (TPSA) is 101 Å². The van der Waals surface area contributed by atoms with E-state index in [0.29, 0.717) is 4.90 Å². The summed E-state index contributed by atoms with van der Waals surface area (Å²) < 4.78 is 39.5. The van der Waals surface area contributed by atoms with Gasteiger partial charge in [-0.2, -0.15) is 13.2 Å². The minimum absolute atomic E-state index is 0.186. The highest BCUT2D eigenvalue weighted by molar-refractivity contribution is 5.99. The van der Waals surface area contributed by atoms with Crippen LogP contribution in [0.4, 0.5) is 18.9 Å². The van der Waals surface area contributed by atoms with Crippen LogP contribution in [-0.2, 0) is 4.79 Å². The molecule has 24 heavy (non-hydrogen) atoms. The lowest BCUT2D eigenvalue weighted by atomic mass is 9.86. The number of hydrogen-bond donors (Lipinski definition) is 1. The summed E-state index contributed by atoms with van der Waals surface area (Å²) in [6.07, 6.45) is -5.83. The van der Waals surface area contributed by atoms with Crippen LogP contribution in [0.5, 0.6) is 0 Å². The molecule has 10 heteroatoms. The predicted molar refractivity (Wildman–Crippen MR) is 74.5 cm³/mol. The zero-order chi connectivity index (χ0) is 18.3. The minimum Gasteiger partial charge on any atom is -0.481 e. The van der Waals surface area contributed by atoms with Crippen molar-refractivity contribution in [3.05, 3.63) is 39.4 Å². The van der Waals surface area contributed by atoms with Crippen LogP contribution in [0.15, 0.2) is 18.2 Å². The molecule has 0 bridgehead atoms. The first kappa shape index (κ1) is 17.7. The number of nitro benzene ring substituents is 1. The van der Waals surface area contributed by atoms with Gasteiger partial charge in [0.1, 0.15) is 5.56 Å². The van der Waals surface area contributed by atoms with Crippen molar-refractivity contribution in [3.8, 4) is 0 Å². The maximum atomic E-state index is 13.2. The molecule has 0 aliphatic carbocycles. The van der Waals surface area contributed by atoms with Gasteiger partial charge in [0.25, 0.3) is 11.6 Å². The van der Waals surface area contributed by atoms with Crippen molar-refractivity contribution in [1.29, 1.82) is 0 Å². The maximum absolute atomic E-state index is 13.2. The summed E-state index contributed by atoms with van der Waals surface area (Å²) in [5.74, 6) is -3.05. The van der Waals surface area contributed by atoms with Crippen LogP contribution in [0.3, 0.4) is 0 Å². The fourth-order valence-corrected chi connectivity index (χ4v) is 2.75. The second-order valence-corrected chi connectivity index (χ2v) is 5.59. The highest BCUT2D eigenvalue weighted by Crippen LogP contribution is 2.46. The van der Waals surface area contributed by atoms with Crippen molar-refractivity contribution in [1.82, 2.24) is 4.90 Å².